The molecule has 1 heterocycles. The third-order valence-corrected chi connectivity index (χ3v) is 4.73. The molecule has 1 aromatic carbocycles. The summed E-state index contributed by atoms with van der Waals surface area (Å²) >= 11 is 1.78. The van der Waals surface area contributed by atoms with Gasteiger partial charge in [-0.3, -0.25) is 0 Å². The first-order chi connectivity index (χ1) is 7.67. The van der Waals surface area contributed by atoms with Crippen LogP contribution >= 0.6 is 11.3 Å². The molecule has 16 heavy (non-hydrogen) atoms. The van der Waals surface area contributed by atoms with Crippen LogP contribution in [0.2, 0.25) is 0 Å². The van der Waals surface area contributed by atoms with Crippen molar-refractivity contribution in [3.8, 4) is 0 Å². The molecule has 0 amide bonds. The van der Waals surface area contributed by atoms with E-state index < -0.39 is 0 Å². The van der Waals surface area contributed by atoms with Gasteiger partial charge in [0.1, 0.15) is 0 Å². The normalized spacial score (nSPS) is 19.9. The minimum absolute atomic E-state index is 0.271. The number of hydrogen-bond acceptors (Lipinski definition) is 3. The van der Waals surface area contributed by atoms with Gasteiger partial charge in [0, 0.05) is 12.5 Å². The SMILES string of the molecule is CC1(C(N)Cc2nc3ccccc3s2)CC1. The zero-order chi connectivity index (χ0) is 11.2. The Balaban J connectivity index is 1.84. The Morgan fingerprint density at radius 2 is 2.19 bits per heavy atom. The Labute approximate surface area is 99.5 Å². The van der Waals surface area contributed by atoms with Crippen LogP contribution in [0.3, 0.4) is 0 Å². The number of aromatic nitrogens is 1. The van der Waals surface area contributed by atoms with Crippen molar-refractivity contribution in [2.45, 2.75) is 32.2 Å². The predicted octanol–water partition coefficient (Wildman–Crippen LogP) is 2.97. The van der Waals surface area contributed by atoms with Gasteiger partial charge in [-0.05, 0) is 30.4 Å². The first-order valence-corrected chi connectivity index (χ1v) is 6.59. The highest BCUT2D eigenvalue weighted by molar-refractivity contribution is 7.18. The molecule has 0 bridgehead atoms. The number of para-hydroxylation sites is 1. The van der Waals surface area contributed by atoms with E-state index in [-0.39, 0.29) is 6.04 Å². The first kappa shape index (κ1) is 10.2. The maximum Gasteiger partial charge on any atom is 0.0954 e. The summed E-state index contributed by atoms with van der Waals surface area (Å²) in [4.78, 5) is 4.63. The van der Waals surface area contributed by atoms with E-state index in [0.29, 0.717) is 5.41 Å². The van der Waals surface area contributed by atoms with Gasteiger partial charge in [-0.25, -0.2) is 4.98 Å². The van der Waals surface area contributed by atoms with Gasteiger partial charge in [0.25, 0.3) is 0 Å². The molecule has 2 N–H and O–H groups in total. The Kier molecular flexibility index (Phi) is 2.26. The smallest absolute Gasteiger partial charge is 0.0954 e. The summed E-state index contributed by atoms with van der Waals surface area (Å²) in [7, 11) is 0. The molecule has 1 saturated carbocycles. The molecule has 1 aliphatic carbocycles. The third kappa shape index (κ3) is 1.74. The summed E-state index contributed by atoms with van der Waals surface area (Å²) in [5.74, 6) is 0. The van der Waals surface area contributed by atoms with E-state index in [1.54, 1.807) is 11.3 Å². The van der Waals surface area contributed by atoms with Crippen LogP contribution in [-0.2, 0) is 6.42 Å². The van der Waals surface area contributed by atoms with Crippen molar-refractivity contribution in [3.05, 3.63) is 29.3 Å². The molecule has 0 radical (unpaired) electrons. The molecule has 84 valence electrons. The molecule has 0 spiro atoms. The zero-order valence-corrected chi connectivity index (χ0v) is 10.3. The summed E-state index contributed by atoms with van der Waals surface area (Å²) in [5.41, 5.74) is 7.73. The largest absolute Gasteiger partial charge is 0.327 e. The lowest BCUT2D eigenvalue weighted by Gasteiger charge is -2.16. The van der Waals surface area contributed by atoms with Crippen molar-refractivity contribution in [1.29, 1.82) is 0 Å². The van der Waals surface area contributed by atoms with Crippen LogP contribution in [0.15, 0.2) is 24.3 Å². The van der Waals surface area contributed by atoms with Crippen molar-refractivity contribution in [2.75, 3.05) is 0 Å². The van der Waals surface area contributed by atoms with Crippen molar-refractivity contribution in [2.24, 2.45) is 11.1 Å². The number of fused-ring (bicyclic) bond motifs is 1. The lowest BCUT2D eigenvalue weighted by molar-refractivity contribution is 0.433. The minimum Gasteiger partial charge on any atom is -0.327 e. The number of hydrogen-bond donors (Lipinski definition) is 1. The average molecular weight is 232 g/mol. The highest BCUT2D eigenvalue weighted by atomic mass is 32.1. The van der Waals surface area contributed by atoms with Gasteiger partial charge in [0.2, 0.25) is 0 Å². The summed E-state index contributed by atoms with van der Waals surface area (Å²) in [6.07, 6.45) is 3.48. The lowest BCUT2D eigenvalue weighted by atomic mass is 9.97. The first-order valence-electron chi connectivity index (χ1n) is 5.77. The lowest BCUT2D eigenvalue weighted by Crippen LogP contribution is -2.31. The Morgan fingerprint density at radius 3 is 2.88 bits per heavy atom. The Bertz CT molecular complexity index is 480. The van der Waals surface area contributed by atoms with Crippen LogP contribution < -0.4 is 5.73 Å². The van der Waals surface area contributed by atoms with Crippen LogP contribution in [0.5, 0.6) is 0 Å². The molecule has 1 unspecified atom stereocenters. The van der Waals surface area contributed by atoms with Crippen LogP contribution in [-0.4, -0.2) is 11.0 Å². The standard InChI is InChI=1S/C13H16N2S/c1-13(6-7-13)11(14)8-12-15-9-4-2-3-5-10(9)16-12/h2-5,11H,6-8,14H2,1H3. The highest BCUT2D eigenvalue weighted by Crippen LogP contribution is 2.48. The maximum absolute atomic E-state index is 6.23. The van der Waals surface area contributed by atoms with E-state index in [1.165, 1.54) is 22.5 Å². The molecule has 1 atom stereocenters. The van der Waals surface area contributed by atoms with E-state index in [0.717, 1.165) is 11.9 Å². The van der Waals surface area contributed by atoms with E-state index in [2.05, 4.69) is 30.1 Å². The summed E-state index contributed by atoms with van der Waals surface area (Å²) in [5, 5.41) is 1.18. The molecular weight excluding hydrogens is 216 g/mol. The Morgan fingerprint density at radius 1 is 1.44 bits per heavy atom. The number of nitrogens with zero attached hydrogens (tertiary/aromatic N) is 1. The molecular formula is C13H16N2S. The number of benzene rings is 1. The summed E-state index contributed by atoms with van der Waals surface area (Å²) < 4.78 is 1.27. The van der Waals surface area contributed by atoms with Crippen LogP contribution in [0.4, 0.5) is 0 Å². The topological polar surface area (TPSA) is 38.9 Å². The van der Waals surface area contributed by atoms with Gasteiger partial charge in [-0.2, -0.15) is 0 Å². The summed E-state index contributed by atoms with van der Waals surface area (Å²) in [6, 6.07) is 8.56. The van der Waals surface area contributed by atoms with Crippen LogP contribution in [0.1, 0.15) is 24.8 Å². The molecule has 0 aliphatic heterocycles. The van der Waals surface area contributed by atoms with Crippen LogP contribution in [0.25, 0.3) is 10.2 Å². The quantitative estimate of drug-likeness (QED) is 0.883. The predicted molar refractivity (Wildman–Crippen MR) is 68.6 cm³/mol. The fraction of sp³-hybridized carbons (Fsp3) is 0.462. The van der Waals surface area contributed by atoms with Crippen molar-refractivity contribution in [3.63, 3.8) is 0 Å². The molecule has 1 fully saturated rings. The van der Waals surface area contributed by atoms with Crippen molar-refractivity contribution >= 4 is 21.6 Å². The van der Waals surface area contributed by atoms with Gasteiger partial charge in [-0.15, -0.1) is 11.3 Å². The number of thiazole rings is 1. The monoisotopic (exact) mass is 232 g/mol. The molecule has 3 rings (SSSR count). The zero-order valence-electron chi connectivity index (χ0n) is 9.44. The van der Waals surface area contributed by atoms with E-state index in [9.17, 15) is 0 Å². The number of nitrogens with two attached hydrogens (primary N) is 1. The molecule has 2 aromatic rings. The Hall–Kier alpha value is -0.930. The molecule has 1 aromatic heterocycles. The van der Waals surface area contributed by atoms with Crippen molar-refractivity contribution in [1.82, 2.24) is 4.98 Å². The fourth-order valence-corrected chi connectivity index (χ4v) is 3.04. The van der Waals surface area contributed by atoms with E-state index in [1.807, 2.05) is 6.07 Å². The van der Waals surface area contributed by atoms with E-state index in [4.69, 9.17) is 5.73 Å². The molecule has 1 aliphatic rings. The second-order valence-electron chi connectivity index (χ2n) is 5.04. The minimum atomic E-state index is 0.271. The van der Waals surface area contributed by atoms with Crippen molar-refractivity contribution < 1.29 is 0 Å². The van der Waals surface area contributed by atoms with Crippen LogP contribution in [0, 0.1) is 5.41 Å². The van der Waals surface area contributed by atoms with Gasteiger partial charge >= 0.3 is 0 Å². The molecule has 0 saturated heterocycles. The third-order valence-electron chi connectivity index (χ3n) is 3.67. The number of rotatable bonds is 3. The van der Waals surface area contributed by atoms with Gasteiger partial charge in [0.15, 0.2) is 0 Å². The second kappa shape index (κ2) is 3.54. The van der Waals surface area contributed by atoms with E-state index >= 15 is 0 Å². The average Bonchev–Trinajstić information content (AvgIpc) is 2.90. The summed E-state index contributed by atoms with van der Waals surface area (Å²) in [6.45, 7) is 2.28. The fourth-order valence-electron chi connectivity index (χ4n) is 2.01. The molecule has 3 heteroatoms. The second-order valence-corrected chi connectivity index (χ2v) is 6.16. The maximum atomic E-state index is 6.23. The van der Waals surface area contributed by atoms with Gasteiger partial charge in [0.05, 0.1) is 15.2 Å². The highest BCUT2D eigenvalue weighted by Gasteiger charge is 2.43. The van der Waals surface area contributed by atoms with Gasteiger partial charge < -0.3 is 5.73 Å². The molecule has 2 nitrogen and oxygen atoms in total. The van der Waals surface area contributed by atoms with Gasteiger partial charge in [-0.1, -0.05) is 19.1 Å².